The molecule has 4 heteroatoms. The molecule has 0 radical (unpaired) electrons. The minimum Gasteiger partial charge on any atom is -0.480 e. The largest absolute Gasteiger partial charge is 0.480 e. The van der Waals surface area contributed by atoms with E-state index in [2.05, 4.69) is 5.32 Å². The van der Waals surface area contributed by atoms with Gasteiger partial charge in [-0.15, -0.1) is 0 Å². The van der Waals surface area contributed by atoms with E-state index in [1.807, 2.05) is 24.3 Å². The number of carbonyl (C=O) groups excluding carboxylic acids is 1. The first-order valence-electron chi connectivity index (χ1n) is 7.92. The highest BCUT2D eigenvalue weighted by Gasteiger charge is 2.30. The molecular formula is C17H23NO3. The Kier molecular flexibility index (Phi) is 4.44. The summed E-state index contributed by atoms with van der Waals surface area (Å²) >= 11 is 0. The van der Waals surface area contributed by atoms with Crippen molar-refractivity contribution in [1.82, 2.24) is 5.32 Å². The molecule has 1 aromatic rings. The van der Waals surface area contributed by atoms with Gasteiger partial charge in [-0.25, -0.2) is 0 Å². The number of fused-ring (bicyclic) bond motifs is 1. The number of hydrogen-bond acceptors (Lipinski definition) is 3. The molecule has 21 heavy (non-hydrogen) atoms. The van der Waals surface area contributed by atoms with Crippen LogP contribution in [0.15, 0.2) is 24.3 Å². The number of hydrogen-bond donors (Lipinski definition) is 2. The van der Waals surface area contributed by atoms with Crippen molar-refractivity contribution in [2.24, 2.45) is 5.92 Å². The van der Waals surface area contributed by atoms with Crippen molar-refractivity contribution in [3.05, 3.63) is 29.8 Å². The van der Waals surface area contributed by atoms with Crippen LogP contribution in [0.5, 0.6) is 5.75 Å². The third kappa shape index (κ3) is 3.38. The molecule has 1 aliphatic heterocycles. The Morgan fingerprint density at radius 3 is 2.81 bits per heavy atom. The number of aliphatic hydroxyl groups is 1. The molecule has 1 amide bonds. The molecule has 0 bridgehead atoms. The number of nitrogens with one attached hydrogen (secondary N) is 1. The van der Waals surface area contributed by atoms with Gasteiger partial charge in [0.05, 0.1) is 12.6 Å². The maximum absolute atomic E-state index is 12.3. The standard InChI is InChI=1S/C17H23NO3/c19-11-14(9-12-5-1-2-6-12)18-17(20)16-10-13-7-3-4-8-15(13)21-16/h3-4,7-8,12,14,16,19H,1-2,5-6,9-11H2,(H,18,20). The van der Waals surface area contributed by atoms with E-state index in [0.717, 1.165) is 17.7 Å². The predicted octanol–water partition coefficient (Wildman–Crippen LogP) is 2.05. The lowest BCUT2D eigenvalue weighted by molar-refractivity contribution is -0.128. The number of rotatable bonds is 5. The smallest absolute Gasteiger partial charge is 0.261 e. The van der Waals surface area contributed by atoms with Gasteiger partial charge in [0.1, 0.15) is 5.75 Å². The van der Waals surface area contributed by atoms with Gasteiger partial charge in [-0.1, -0.05) is 43.9 Å². The maximum atomic E-state index is 12.3. The zero-order valence-corrected chi connectivity index (χ0v) is 12.3. The van der Waals surface area contributed by atoms with Crippen molar-refractivity contribution in [1.29, 1.82) is 0 Å². The molecule has 3 rings (SSSR count). The second kappa shape index (κ2) is 6.48. The van der Waals surface area contributed by atoms with Gasteiger partial charge in [-0.2, -0.15) is 0 Å². The summed E-state index contributed by atoms with van der Waals surface area (Å²) in [4.78, 5) is 12.3. The van der Waals surface area contributed by atoms with Crippen molar-refractivity contribution in [3.8, 4) is 5.75 Å². The van der Waals surface area contributed by atoms with Crippen LogP contribution in [0.1, 0.15) is 37.7 Å². The van der Waals surface area contributed by atoms with Crippen molar-refractivity contribution in [2.75, 3.05) is 6.61 Å². The van der Waals surface area contributed by atoms with Crippen molar-refractivity contribution >= 4 is 5.91 Å². The van der Waals surface area contributed by atoms with E-state index in [4.69, 9.17) is 4.74 Å². The highest BCUT2D eigenvalue weighted by Crippen LogP contribution is 2.30. The summed E-state index contributed by atoms with van der Waals surface area (Å²) in [6, 6.07) is 7.61. The molecule has 1 aromatic carbocycles. The number of carbonyl (C=O) groups is 1. The van der Waals surface area contributed by atoms with Gasteiger partial charge in [0.2, 0.25) is 0 Å². The van der Waals surface area contributed by atoms with E-state index >= 15 is 0 Å². The normalized spacial score (nSPS) is 22.6. The fourth-order valence-electron chi connectivity index (χ4n) is 3.45. The van der Waals surface area contributed by atoms with Gasteiger partial charge in [0.15, 0.2) is 6.10 Å². The predicted molar refractivity (Wildman–Crippen MR) is 80.2 cm³/mol. The second-order valence-corrected chi connectivity index (χ2v) is 6.19. The van der Waals surface area contributed by atoms with Crippen molar-refractivity contribution in [3.63, 3.8) is 0 Å². The summed E-state index contributed by atoms with van der Waals surface area (Å²) in [6.45, 7) is 0.00189. The summed E-state index contributed by atoms with van der Waals surface area (Å²) in [6.07, 6.45) is 6.02. The van der Waals surface area contributed by atoms with E-state index in [1.54, 1.807) is 0 Å². The summed E-state index contributed by atoms with van der Waals surface area (Å²) < 4.78 is 5.69. The van der Waals surface area contributed by atoms with E-state index in [1.165, 1.54) is 25.7 Å². The van der Waals surface area contributed by atoms with Gasteiger partial charge in [0.25, 0.3) is 5.91 Å². The monoisotopic (exact) mass is 289 g/mol. The number of para-hydroxylation sites is 1. The van der Waals surface area contributed by atoms with E-state index in [-0.39, 0.29) is 18.6 Å². The van der Waals surface area contributed by atoms with Crippen LogP contribution in [0.4, 0.5) is 0 Å². The molecule has 1 saturated carbocycles. The fraction of sp³-hybridized carbons (Fsp3) is 0.588. The summed E-state index contributed by atoms with van der Waals surface area (Å²) in [7, 11) is 0. The second-order valence-electron chi connectivity index (χ2n) is 6.19. The average molecular weight is 289 g/mol. The third-order valence-electron chi connectivity index (χ3n) is 4.60. The van der Waals surface area contributed by atoms with Crippen LogP contribution in [0.3, 0.4) is 0 Å². The lowest BCUT2D eigenvalue weighted by atomic mass is 9.98. The molecule has 4 nitrogen and oxygen atoms in total. The van der Waals surface area contributed by atoms with Crippen LogP contribution in [0.2, 0.25) is 0 Å². The van der Waals surface area contributed by atoms with Crippen LogP contribution in [-0.4, -0.2) is 29.8 Å². The molecule has 114 valence electrons. The molecule has 1 aliphatic carbocycles. The molecule has 2 unspecified atom stereocenters. The molecule has 1 fully saturated rings. The fourth-order valence-corrected chi connectivity index (χ4v) is 3.45. The molecule has 0 aromatic heterocycles. The number of amides is 1. The first kappa shape index (κ1) is 14.4. The quantitative estimate of drug-likeness (QED) is 0.872. The number of aliphatic hydroxyl groups excluding tert-OH is 1. The van der Waals surface area contributed by atoms with Crippen molar-refractivity contribution < 1.29 is 14.6 Å². The van der Waals surface area contributed by atoms with Gasteiger partial charge < -0.3 is 15.2 Å². The summed E-state index contributed by atoms with van der Waals surface area (Å²) in [5.41, 5.74) is 1.08. The minimum atomic E-state index is -0.458. The molecule has 2 aliphatic rings. The van der Waals surface area contributed by atoms with Gasteiger partial charge in [0, 0.05) is 6.42 Å². The average Bonchev–Trinajstić information content (AvgIpc) is 3.15. The van der Waals surface area contributed by atoms with Crippen LogP contribution in [0.25, 0.3) is 0 Å². The first-order chi connectivity index (χ1) is 10.3. The molecular weight excluding hydrogens is 266 g/mol. The van der Waals surface area contributed by atoms with Gasteiger partial charge in [-0.05, 0) is 24.0 Å². The molecule has 2 N–H and O–H groups in total. The number of benzene rings is 1. The SMILES string of the molecule is O=C(NC(CO)CC1CCCC1)C1Cc2ccccc2O1. The van der Waals surface area contributed by atoms with Crippen LogP contribution in [-0.2, 0) is 11.2 Å². The van der Waals surface area contributed by atoms with Crippen LogP contribution in [0, 0.1) is 5.92 Å². The van der Waals surface area contributed by atoms with Crippen molar-refractivity contribution in [2.45, 2.75) is 50.7 Å². The summed E-state index contributed by atoms with van der Waals surface area (Å²) in [5.74, 6) is 1.33. The lowest BCUT2D eigenvalue weighted by Gasteiger charge is -2.21. The Bertz CT molecular complexity index is 472. The number of ether oxygens (including phenoxy) is 1. The molecule has 2 atom stereocenters. The zero-order valence-electron chi connectivity index (χ0n) is 12.3. The molecule has 1 heterocycles. The highest BCUT2D eigenvalue weighted by atomic mass is 16.5. The maximum Gasteiger partial charge on any atom is 0.261 e. The Labute approximate surface area is 125 Å². The molecule has 0 spiro atoms. The van der Waals surface area contributed by atoms with E-state index in [0.29, 0.717) is 12.3 Å². The minimum absolute atomic E-state index is 0.00189. The van der Waals surface area contributed by atoms with Crippen LogP contribution >= 0.6 is 0 Å². The third-order valence-corrected chi connectivity index (χ3v) is 4.60. The zero-order chi connectivity index (χ0) is 14.7. The first-order valence-corrected chi connectivity index (χ1v) is 7.92. The van der Waals surface area contributed by atoms with Gasteiger partial charge >= 0.3 is 0 Å². The van der Waals surface area contributed by atoms with E-state index in [9.17, 15) is 9.90 Å². The Hall–Kier alpha value is -1.55. The Balaban J connectivity index is 1.53. The topological polar surface area (TPSA) is 58.6 Å². The molecule has 0 saturated heterocycles. The highest BCUT2D eigenvalue weighted by molar-refractivity contribution is 5.82. The lowest BCUT2D eigenvalue weighted by Crippen LogP contribution is -2.45. The Morgan fingerprint density at radius 1 is 1.33 bits per heavy atom. The Morgan fingerprint density at radius 2 is 2.10 bits per heavy atom. The van der Waals surface area contributed by atoms with Crippen LogP contribution < -0.4 is 10.1 Å². The summed E-state index contributed by atoms with van der Waals surface area (Å²) in [5, 5.41) is 12.5. The van der Waals surface area contributed by atoms with Gasteiger partial charge in [-0.3, -0.25) is 4.79 Å². The van der Waals surface area contributed by atoms with E-state index < -0.39 is 6.10 Å².